The van der Waals surface area contributed by atoms with Gasteiger partial charge in [0, 0.05) is 12.4 Å². The number of nitrogens with zero attached hydrogens (tertiary/aromatic N) is 1. The number of anilines is 1. The van der Waals surface area contributed by atoms with Crippen LogP contribution in [0.15, 0.2) is 17.3 Å². The van der Waals surface area contributed by atoms with Crippen LogP contribution in [-0.4, -0.2) is 24.4 Å². The minimum absolute atomic E-state index is 0.151. The normalized spacial score (nSPS) is 21.0. The molecule has 0 bridgehead atoms. The van der Waals surface area contributed by atoms with Crippen molar-refractivity contribution in [1.82, 2.24) is 10.3 Å². The van der Waals surface area contributed by atoms with E-state index in [1.807, 2.05) is 25.5 Å². The zero-order valence-electron chi connectivity index (χ0n) is 6.26. The summed E-state index contributed by atoms with van der Waals surface area (Å²) in [7, 11) is 1.89. The Labute approximate surface area is 64.7 Å². The van der Waals surface area contributed by atoms with E-state index in [0.29, 0.717) is 0 Å². The Balaban J connectivity index is 2.29. The maximum absolute atomic E-state index is 4.20. The van der Waals surface area contributed by atoms with E-state index in [4.69, 9.17) is 0 Å². The second-order valence-corrected chi connectivity index (χ2v) is 2.43. The van der Waals surface area contributed by atoms with Gasteiger partial charge in [0.25, 0.3) is 0 Å². The summed E-state index contributed by atoms with van der Waals surface area (Å²) >= 11 is 0. The number of rotatable bonds is 1. The first-order valence-corrected chi connectivity index (χ1v) is 3.55. The molecule has 0 aliphatic carbocycles. The molecular formula is C7H10N4. The van der Waals surface area contributed by atoms with E-state index in [0.717, 1.165) is 11.5 Å². The Kier molecular flexibility index (Phi) is 1.40. The number of aliphatic imine (C=N–C) groups is 1. The van der Waals surface area contributed by atoms with Gasteiger partial charge in [-0.1, -0.05) is 0 Å². The highest BCUT2D eigenvalue weighted by Crippen LogP contribution is 2.24. The van der Waals surface area contributed by atoms with Crippen LogP contribution in [0, 0.1) is 0 Å². The van der Waals surface area contributed by atoms with Gasteiger partial charge in [-0.05, 0) is 13.1 Å². The second-order valence-electron chi connectivity index (χ2n) is 2.43. The lowest BCUT2D eigenvalue weighted by Gasteiger charge is -2.17. The molecule has 4 nitrogen and oxygen atoms in total. The van der Waals surface area contributed by atoms with E-state index in [2.05, 4.69) is 20.6 Å². The van der Waals surface area contributed by atoms with Gasteiger partial charge in [-0.2, -0.15) is 0 Å². The fraction of sp³-hybridized carbons (Fsp3) is 0.286. The summed E-state index contributed by atoms with van der Waals surface area (Å²) in [6, 6.07) is 1.97. The molecule has 1 aliphatic heterocycles. The van der Waals surface area contributed by atoms with E-state index in [-0.39, 0.29) is 6.17 Å². The number of nitrogens with one attached hydrogen (secondary N) is 3. The number of H-pyrrole nitrogens is 1. The summed E-state index contributed by atoms with van der Waals surface area (Å²) < 4.78 is 0. The van der Waals surface area contributed by atoms with Crippen LogP contribution in [0.1, 0.15) is 0 Å². The Bertz CT molecular complexity index is 276. The highest BCUT2D eigenvalue weighted by molar-refractivity contribution is 5.80. The fourth-order valence-electron chi connectivity index (χ4n) is 1.08. The summed E-state index contributed by atoms with van der Waals surface area (Å²) in [5.74, 6) is 0.900. The van der Waals surface area contributed by atoms with Gasteiger partial charge in [-0.25, -0.2) is 4.99 Å². The van der Waals surface area contributed by atoms with Gasteiger partial charge in [-0.3, -0.25) is 5.32 Å². The van der Waals surface area contributed by atoms with Gasteiger partial charge in [-0.15, -0.1) is 0 Å². The zero-order valence-corrected chi connectivity index (χ0v) is 6.26. The van der Waals surface area contributed by atoms with E-state index in [9.17, 15) is 0 Å². The molecule has 0 radical (unpaired) electrons. The van der Waals surface area contributed by atoms with E-state index >= 15 is 0 Å². The SMILES string of the molecule is CNC1C=Nc2[nH]ccc2N1. The lowest BCUT2D eigenvalue weighted by atomic mass is 10.4. The summed E-state index contributed by atoms with van der Waals surface area (Å²) in [5, 5.41) is 6.30. The molecule has 1 aliphatic rings. The quantitative estimate of drug-likeness (QED) is 0.551. The Hall–Kier alpha value is -1.29. The Morgan fingerprint density at radius 2 is 2.55 bits per heavy atom. The molecule has 58 valence electrons. The molecule has 1 atom stereocenters. The maximum atomic E-state index is 4.20. The van der Waals surface area contributed by atoms with Crippen molar-refractivity contribution in [2.45, 2.75) is 6.17 Å². The lowest BCUT2D eigenvalue weighted by molar-refractivity contribution is 0.783. The van der Waals surface area contributed by atoms with E-state index < -0.39 is 0 Å². The molecule has 3 N–H and O–H groups in total. The number of fused-ring (bicyclic) bond motifs is 1. The average Bonchev–Trinajstić information content (AvgIpc) is 2.50. The second kappa shape index (κ2) is 2.39. The van der Waals surface area contributed by atoms with Gasteiger partial charge < -0.3 is 10.3 Å². The fourth-order valence-corrected chi connectivity index (χ4v) is 1.08. The zero-order chi connectivity index (χ0) is 7.68. The molecule has 0 amide bonds. The van der Waals surface area contributed by atoms with Crippen LogP contribution in [0.2, 0.25) is 0 Å². The average molecular weight is 150 g/mol. The number of hydrogen-bond donors (Lipinski definition) is 3. The molecule has 1 aromatic rings. The number of aromatic nitrogens is 1. The summed E-state index contributed by atoms with van der Waals surface area (Å²) in [6.45, 7) is 0. The molecule has 1 unspecified atom stereocenters. The van der Waals surface area contributed by atoms with Crippen LogP contribution in [0.5, 0.6) is 0 Å². The molecule has 0 saturated carbocycles. The summed E-state index contributed by atoms with van der Waals surface area (Å²) in [6.07, 6.45) is 3.85. The lowest BCUT2D eigenvalue weighted by Crippen LogP contribution is -2.35. The predicted octanol–water partition coefficient (Wildman–Crippen LogP) is 0.688. The first-order chi connectivity index (χ1) is 5.40. The minimum atomic E-state index is 0.151. The third kappa shape index (κ3) is 1.01. The topological polar surface area (TPSA) is 52.2 Å². The molecule has 2 rings (SSSR count). The maximum Gasteiger partial charge on any atom is 0.153 e. The minimum Gasteiger partial charge on any atom is -0.362 e. The van der Waals surface area contributed by atoms with Crippen molar-refractivity contribution in [1.29, 1.82) is 0 Å². The van der Waals surface area contributed by atoms with Crippen LogP contribution in [0.3, 0.4) is 0 Å². The van der Waals surface area contributed by atoms with Crippen molar-refractivity contribution in [3.63, 3.8) is 0 Å². The van der Waals surface area contributed by atoms with Crippen molar-refractivity contribution in [2.24, 2.45) is 4.99 Å². The van der Waals surface area contributed by atoms with Crippen molar-refractivity contribution in [3.05, 3.63) is 12.3 Å². The number of aromatic amines is 1. The van der Waals surface area contributed by atoms with E-state index in [1.54, 1.807) is 0 Å². The van der Waals surface area contributed by atoms with Crippen molar-refractivity contribution >= 4 is 17.7 Å². The van der Waals surface area contributed by atoms with Crippen LogP contribution < -0.4 is 10.6 Å². The summed E-state index contributed by atoms with van der Waals surface area (Å²) in [5.41, 5.74) is 1.05. The van der Waals surface area contributed by atoms with Crippen LogP contribution in [0.4, 0.5) is 11.5 Å². The monoisotopic (exact) mass is 150 g/mol. The van der Waals surface area contributed by atoms with Crippen LogP contribution in [-0.2, 0) is 0 Å². The van der Waals surface area contributed by atoms with Gasteiger partial charge in [0.15, 0.2) is 5.82 Å². The third-order valence-corrected chi connectivity index (χ3v) is 1.70. The standard InChI is InChI=1S/C7H10N4/c1-8-6-4-10-7-5(11-6)2-3-9-7/h2-4,6,8-9,11H,1H3. The number of hydrogen-bond acceptors (Lipinski definition) is 3. The molecule has 0 saturated heterocycles. The van der Waals surface area contributed by atoms with Gasteiger partial charge in [0.05, 0.1) is 5.69 Å². The molecule has 0 fully saturated rings. The highest BCUT2D eigenvalue weighted by atomic mass is 15.2. The molecule has 11 heavy (non-hydrogen) atoms. The largest absolute Gasteiger partial charge is 0.362 e. The van der Waals surface area contributed by atoms with Crippen molar-refractivity contribution < 1.29 is 0 Å². The molecule has 2 heterocycles. The van der Waals surface area contributed by atoms with Crippen molar-refractivity contribution in [3.8, 4) is 0 Å². The Morgan fingerprint density at radius 1 is 1.64 bits per heavy atom. The van der Waals surface area contributed by atoms with Crippen molar-refractivity contribution in [2.75, 3.05) is 12.4 Å². The molecule has 1 aromatic heterocycles. The van der Waals surface area contributed by atoms with Crippen LogP contribution in [0.25, 0.3) is 0 Å². The third-order valence-electron chi connectivity index (χ3n) is 1.70. The first-order valence-electron chi connectivity index (χ1n) is 3.55. The van der Waals surface area contributed by atoms with E-state index in [1.165, 1.54) is 0 Å². The smallest absolute Gasteiger partial charge is 0.153 e. The van der Waals surface area contributed by atoms with Gasteiger partial charge in [0.2, 0.25) is 0 Å². The van der Waals surface area contributed by atoms with Crippen LogP contribution >= 0.6 is 0 Å². The molecule has 0 spiro atoms. The summed E-state index contributed by atoms with van der Waals surface area (Å²) in [4.78, 5) is 7.21. The van der Waals surface area contributed by atoms with Gasteiger partial charge >= 0.3 is 0 Å². The molecule has 4 heteroatoms. The highest BCUT2D eigenvalue weighted by Gasteiger charge is 2.11. The Morgan fingerprint density at radius 3 is 3.36 bits per heavy atom. The first kappa shape index (κ1) is 6.42. The predicted molar refractivity (Wildman–Crippen MR) is 45.4 cm³/mol. The molecule has 0 aromatic carbocycles. The molecular weight excluding hydrogens is 140 g/mol. The van der Waals surface area contributed by atoms with Gasteiger partial charge in [0.1, 0.15) is 6.17 Å².